The monoisotopic (exact) mass is 343 g/mol. The third-order valence-electron chi connectivity index (χ3n) is 5.34. The Balaban J connectivity index is 1.57. The molecule has 0 aromatic heterocycles. The van der Waals surface area contributed by atoms with Crippen LogP contribution in [0.15, 0.2) is 24.3 Å². The predicted molar refractivity (Wildman–Crippen MR) is 101 cm³/mol. The second-order valence-electron chi connectivity index (χ2n) is 7.16. The summed E-state index contributed by atoms with van der Waals surface area (Å²) in [6.45, 7) is 4.79. The van der Waals surface area contributed by atoms with Crippen molar-refractivity contribution in [2.75, 3.05) is 29.9 Å². The molecular formula is C20H29N3O2. The van der Waals surface area contributed by atoms with Gasteiger partial charge in [-0.15, -0.1) is 0 Å². The van der Waals surface area contributed by atoms with Gasteiger partial charge in [-0.05, 0) is 63.5 Å². The zero-order valence-electron chi connectivity index (χ0n) is 15.2. The molecule has 25 heavy (non-hydrogen) atoms. The van der Waals surface area contributed by atoms with E-state index in [4.69, 9.17) is 0 Å². The molecule has 1 N–H and O–H groups in total. The van der Waals surface area contributed by atoms with E-state index in [0.29, 0.717) is 6.42 Å². The lowest BCUT2D eigenvalue weighted by Gasteiger charge is -2.29. The zero-order valence-corrected chi connectivity index (χ0v) is 15.2. The average Bonchev–Trinajstić information content (AvgIpc) is 3.01. The number of anilines is 2. The molecule has 1 aromatic carbocycles. The van der Waals surface area contributed by atoms with Crippen LogP contribution in [0.3, 0.4) is 0 Å². The van der Waals surface area contributed by atoms with Crippen LogP contribution in [0.25, 0.3) is 0 Å². The summed E-state index contributed by atoms with van der Waals surface area (Å²) >= 11 is 0. The Morgan fingerprint density at radius 2 is 1.60 bits per heavy atom. The number of carbonyl (C=O) groups excluding carboxylic acids is 2. The first-order chi connectivity index (χ1) is 12.1. The van der Waals surface area contributed by atoms with E-state index in [1.807, 2.05) is 36.1 Å². The molecule has 2 amide bonds. The first-order valence-corrected chi connectivity index (χ1v) is 9.60. The van der Waals surface area contributed by atoms with Gasteiger partial charge in [-0.1, -0.05) is 19.3 Å². The SMILES string of the molecule is C[C@@H](C(=O)Nc1ccc(N2CCCC2=O)cc1)N1CCCCCCC1. The van der Waals surface area contributed by atoms with E-state index >= 15 is 0 Å². The minimum Gasteiger partial charge on any atom is -0.325 e. The van der Waals surface area contributed by atoms with Crippen molar-refractivity contribution in [3.05, 3.63) is 24.3 Å². The van der Waals surface area contributed by atoms with Crippen LogP contribution in [-0.2, 0) is 9.59 Å². The van der Waals surface area contributed by atoms with Crippen LogP contribution >= 0.6 is 0 Å². The van der Waals surface area contributed by atoms with Crippen molar-refractivity contribution in [1.82, 2.24) is 4.90 Å². The minimum atomic E-state index is -0.113. The third-order valence-corrected chi connectivity index (χ3v) is 5.34. The fourth-order valence-corrected chi connectivity index (χ4v) is 3.72. The van der Waals surface area contributed by atoms with Gasteiger partial charge in [0, 0.05) is 24.3 Å². The molecule has 2 fully saturated rings. The fourth-order valence-electron chi connectivity index (χ4n) is 3.72. The second-order valence-corrected chi connectivity index (χ2v) is 7.16. The van der Waals surface area contributed by atoms with Crippen molar-refractivity contribution in [3.8, 4) is 0 Å². The van der Waals surface area contributed by atoms with E-state index in [0.717, 1.165) is 37.4 Å². The Morgan fingerprint density at radius 1 is 0.960 bits per heavy atom. The first-order valence-electron chi connectivity index (χ1n) is 9.60. The van der Waals surface area contributed by atoms with Gasteiger partial charge in [0.05, 0.1) is 6.04 Å². The van der Waals surface area contributed by atoms with Crippen LogP contribution in [0.2, 0.25) is 0 Å². The summed E-state index contributed by atoms with van der Waals surface area (Å²) in [6, 6.07) is 7.50. The molecular weight excluding hydrogens is 314 g/mol. The van der Waals surface area contributed by atoms with Gasteiger partial charge in [0.25, 0.3) is 0 Å². The quantitative estimate of drug-likeness (QED) is 0.911. The Morgan fingerprint density at radius 3 is 2.20 bits per heavy atom. The third kappa shape index (κ3) is 4.60. The number of amides is 2. The summed E-state index contributed by atoms with van der Waals surface area (Å²) in [6.07, 6.45) is 7.76. The maximum atomic E-state index is 12.6. The highest BCUT2D eigenvalue weighted by molar-refractivity contribution is 5.97. The second kappa shape index (κ2) is 8.48. The molecule has 3 rings (SSSR count). The fraction of sp³-hybridized carbons (Fsp3) is 0.600. The van der Waals surface area contributed by atoms with Gasteiger partial charge in [-0.3, -0.25) is 14.5 Å². The highest BCUT2D eigenvalue weighted by Crippen LogP contribution is 2.23. The maximum absolute atomic E-state index is 12.6. The molecule has 2 aliphatic rings. The number of nitrogens with one attached hydrogen (secondary N) is 1. The summed E-state index contributed by atoms with van der Waals surface area (Å²) < 4.78 is 0. The highest BCUT2D eigenvalue weighted by atomic mass is 16.2. The molecule has 1 atom stereocenters. The number of rotatable bonds is 4. The van der Waals surface area contributed by atoms with Crippen LogP contribution in [0.5, 0.6) is 0 Å². The van der Waals surface area contributed by atoms with Crippen molar-refractivity contribution in [2.24, 2.45) is 0 Å². The number of nitrogens with zero attached hydrogens (tertiary/aromatic N) is 2. The van der Waals surface area contributed by atoms with Crippen LogP contribution in [-0.4, -0.2) is 42.4 Å². The number of carbonyl (C=O) groups is 2. The number of hydrogen-bond donors (Lipinski definition) is 1. The van der Waals surface area contributed by atoms with E-state index in [2.05, 4.69) is 10.2 Å². The highest BCUT2D eigenvalue weighted by Gasteiger charge is 2.23. The van der Waals surface area contributed by atoms with E-state index < -0.39 is 0 Å². The Labute approximate surface area is 150 Å². The van der Waals surface area contributed by atoms with Gasteiger partial charge in [-0.2, -0.15) is 0 Å². The minimum absolute atomic E-state index is 0.0468. The smallest absolute Gasteiger partial charge is 0.241 e. The van der Waals surface area contributed by atoms with Gasteiger partial charge in [0.15, 0.2) is 0 Å². The summed E-state index contributed by atoms with van der Waals surface area (Å²) in [4.78, 5) is 28.5. The topological polar surface area (TPSA) is 52.7 Å². The lowest BCUT2D eigenvalue weighted by atomic mass is 10.1. The van der Waals surface area contributed by atoms with Crippen LogP contribution in [0, 0.1) is 0 Å². The molecule has 0 spiro atoms. The lowest BCUT2D eigenvalue weighted by Crippen LogP contribution is -2.43. The van der Waals surface area contributed by atoms with Crippen molar-refractivity contribution >= 4 is 23.2 Å². The molecule has 2 heterocycles. The van der Waals surface area contributed by atoms with Gasteiger partial charge in [0.1, 0.15) is 0 Å². The van der Waals surface area contributed by atoms with Gasteiger partial charge in [0.2, 0.25) is 11.8 Å². The van der Waals surface area contributed by atoms with Crippen molar-refractivity contribution in [2.45, 2.75) is 57.9 Å². The summed E-state index contributed by atoms with van der Waals surface area (Å²) in [5.41, 5.74) is 1.71. The molecule has 5 heteroatoms. The average molecular weight is 343 g/mol. The Kier molecular flexibility index (Phi) is 6.08. The molecule has 0 aliphatic carbocycles. The van der Waals surface area contributed by atoms with Crippen molar-refractivity contribution < 1.29 is 9.59 Å². The summed E-state index contributed by atoms with van der Waals surface area (Å²) in [5, 5.41) is 3.02. The van der Waals surface area contributed by atoms with Crippen LogP contribution in [0.1, 0.15) is 51.9 Å². The summed E-state index contributed by atoms with van der Waals surface area (Å²) in [7, 11) is 0. The molecule has 0 unspecified atom stereocenters. The summed E-state index contributed by atoms with van der Waals surface area (Å²) in [5.74, 6) is 0.230. The molecule has 0 saturated carbocycles. The van der Waals surface area contributed by atoms with Gasteiger partial charge >= 0.3 is 0 Å². The predicted octanol–water partition coefficient (Wildman–Crippen LogP) is 3.41. The van der Waals surface area contributed by atoms with Crippen LogP contribution in [0.4, 0.5) is 11.4 Å². The number of benzene rings is 1. The largest absolute Gasteiger partial charge is 0.325 e. The zero-order chi connectivity index (χ0) is 17.6. The molecule has 1 aromatic rings. The van der Waals surface area contributed by atoms with Gasteiger partial charge < -0.3 is 10.2 Å². The Hall–Kier alpha value is -1.88. The van der Waals surface area contributed by atoms with Gasteiger partial charge in [-0.25, -0.2) is 0 Å². The molecule has 0 radical (unpaired) electrons. The maximum Gasteiger partial charge on any atom is 0.241 e. The van der Waals surface area contributed by atoms with E-state index in [1.54, 1.807) is 0 Å². The van der Waals surface area contributed by atoms with Crippen LogP contribution < -0.4 is 10.2 Å². The molecule has 5 nitrogen and oxygen atoms in total. The number of hydrogen-bond acceptors (Lipinski definition) is 3. The van der Waals surface area contributed by atoms with Crippen molar-refractivity contribution in [1.29, 1.82) is 0 Å². The molecule has 2 aliphatic heterocycles. The van der Waals surface area contributed by atoms with E-state index in [9.17, 15) is 9.59 Å². The molecule has 0 bridgehead atoms. The molecule has 2 saturated heterocycles. The normalized spacial score (nSPS) is 20.8. The molecule has 136 valence electrons. The number of likely N-dealkylation sites (tertiary alicyclic amines) is 1. The lowest BCUT2D eigenvalue weighted by molar-refractivity contribution is -0.121. The van der Waals surface area contributed by atoms with E-state index in [-0.39, 0.29) is 17.9 Å². The standard InChI is InChI=1S/C20H29N3O2/c1-16(22-13-5-3-2-4-6-14-22)20(25)21-17-9-11-18(12-10-17)23-15-7-8-19(23)24/h9-12,16H,2-8,13-15H2,1H3,(H,21,25)/t16-/m0/s1. The first kappa shape index (κ1) is 17.9. The Bertz CT molecular complexity index is 591. The van der Waals surface area contributed by atoms with E-state index in [1.165, 1.54) is 32.1 Å². The van der Waals surface area contributed by atoms with Crippen molar-refractivity contribution in [3.63, 3.8) is 0 Å².